The van der Waals surface area contributed by atoms with Gasteiger partial charge in [0.25, 0.3) is 0 Å². The first-order valence-corrected chi connectivity index (χ1v) is 11.6. The molecule has 1 amide bonds. The van der Waals surface area contributed by atoms with Gasteiger partial charge >= 0.3 is 24.4 Å². The molecule has 0 aliphatic carbocycles. The second kappa shape index (κ2) is 10.8. The highest BCUT2D eigenvalue weighted by molar-refractivity contribution is 5.89. The molecule has 0 aromatic heterocycles. The number of cyclic esters (lactones) is 1. The molecule has 1 unspecified atom stereocenters. The molecule has 1 saturated heterocycles. The van der Waals surface area contributed by atoms with E-state index in [2.05, 4.69) is 0 Å². The van der Waals surface area contributed by atoms with Crippen molar-refractivity contribution < 1.29 is 54.2 Å². The number of ether oxygens (including phenoxy) is 2. The van der Waals surface area contributed by atoms with Crippen molar-refractivity contribution in [2.75, 3.05) is 13.2 Å². The molecule has 40 heavy (non-hydrogen) atoms. The number of esters is 1. The Balaban J connectivity index is 1.62. The molecular formula is C27H19F8NO4. The van der Waals surface area contributed by atoms with E-state index in [1.165, 1.54) is 12.1 Å². The summed E-state index contributed by atoms with van der Waals surface area (Å²) in [6.45, 7) is -1.58. The van der Waals surface area contributed by atoms with Gasteiger partial charge in [0.1, 0.15) is 0 Å². The number of carbonyl (C=O) groups is 2. The fourth-order valence-electron chi connectivity index (χ4n) is 4.26. The maximum absolute atomic E-state index is 14.1. The van der Waals surface area contributed by atoms with Crippen LogP contribution in [-0.4, -0.2) is 30.1 Å². The highest BCUT2D eigenvalue weighted by Crippen LogP contribution is 2.40. The first-order chi connectivity index (χ1) is 18.7. The molecule has 13 heteroatoms. The zero-order valence-electron chi connectivity index (χ0n) is 20.3. The lowest BCUT2D eigenvalue weighted by atomic mass is 9.90. The molecule has 1 atom stereocenters. The van der Waals surface area contributed by atoms with E-state index in [1.807, 2.05) is 0 Å². The minimum atomic E-state index is -5.10. The summed E-state index contributed by atoms with van der Waals surface area (Å²) >= 11 is 0. The molecule has 0 radical (unpaired) electrons. The van der Waals surface area contributed by atoms with Crippen molar-refractivity contribution in [3.05, 3.63) is 106 Å². The summed E-state index contributed by atoms with van der Waals surface area (Å²) in [4.78, 5) is 25.9. The summed E-state index contributed by atoms with van der Waals surface area (Å²) < 4.78 is 118. The Hall–Kier alpha value is -4.16. The SMILES string of the molecule is O=C(OCCC1(c2ccc(F)c(F)c2)CN(Cc2cc(C(F)(F)F)cc(C(F)(F)F)c2)C(=O)O1)c1ccccc1. The van der Waals surface area contributed by atoms with Crippen molar-refractivity contribution in [1.82, 2.24) is 4.90 Å². The molecular weight excluding hydrogens is 554 g/mol. The number of halogens is 8. The predicted molar refractivity (Wildman–Crippen MR) is 123 cm³/mol. The third-order valence-electron chi connectivity index (χ3n) is 6.20. The van der Waals surface area contributed by atoms with E-state index < -0.39 is 71.4 Å². The number of nitrogens with zero attached hydrogens (tertiary/aromatic N) is 1. The van der Waals surface area contributed by atoms with Crippen LogP contribution < -0.4 is 0 Å². The van der Waals surface area contributed by atoms with Crippen molar-refractivity contribution in [3.8, 4) is 0 Å². The zero-order chi connectivity index (χ0) is 29.3. The summed E-state index contributed by atoms with van der Waals surface area (Å²) in [6.07, 6.45) is -11.6. The monoisotopic (exact) mass is 573 g/mol. The number of hydrogen-bond donors (Lipinski definition) is 0. The molecule has 212 valence electrons. The molecule has 1 aliphatic rings. The normalized spacial score (nSPS) is 17.6. The minimum Gasteiger partial charge on any atom is -0.462 e. The van der Waals surface area contributed by atoms with Crippen LogP contribution in [0.25, 0.3) is 0 Å². The molecule has 4 rings (SSSR count). The van der Waals surface area contributed by atoms with Gasteiger partial charge in [-0.3, -0.25) is 4.90 Å². The molecule has 1 fully saturated rings. The Bertz CT molecular complexity index is 1380. The highest BCUT2D eigenvalue weighted by Gasteiger charge is 2.47. The Morgan fingerprint density at radius 3 is 2.08 bits per heavy atom. The van der Waals surface area contributed by atoms with Crippen molar-refractivity contribution in [1.29, 1.82) is 0 Å². The van der Waals surface area contributed by atoms with Gasteiger partial charge in [0, 0.05) is 18.5 Å². The van der Waals surface area contributed by atoms with Gasteiger partial charge in [0.2, 0.25) is 0 Å². The highest BCUT2D eigenvalue weighted by atomic mass is 19.4. The maximum Gasteiger partial charge on any atom is 0.416 e. The number of amides is 1. The van der Waals surface area contributed by atoms with Gasteiger partial charge in [0.05, 0.1) is 29.8 Å². The number of rotatable bonds is 7. The number of benzene rings is 3. The van der Waals surface area contributed by atoms with Gasteiger partial charge in [-0.15, -0.1) is 0 Å². The van der Waals surface area contributed by atoms with Crippen molar-refractivity contribution in [2.24, 2.45) is 0 Å². The molecule has 3 aromatic carbocycles. The van der Waals surface area contributed by atoms with Crippen LogP contribution in [0.4, 0.5) is 39.9 Å². The van der Waals surface area contributed by atoms with E-state index in [9.17, 15) is 44.7 Å². The quantitative estimate of drug-likeness (QED) is 0.224. The lowest BCUT2D eigenvalue weighted by Gasteiger charge is -2.27. The summed E-state index contributed by atoms with van der Waals surface area (Å²) in [5.41, 5.74) is -5.24. The molecule has 0 spiro atoms. The van der Waals surface area contributed by atoms with Crippen LogP contribution in [-0.2, 0) is 34.0 Å². The fourth-order valence-corrected chi connectivity index (χ4v) is 4.26. The third kappa shape index (κ3) is 6.35. The molecule has 0 saturated carbocycles. The standard InChI is InChI=1S/C27H19F8NO4/c28-21-7-6-18(13-22(21)29)25(8-9-39-23(37)17-4-2-1-3-5-17)15-36(24(38)40-25)14-16-10-19(26(30,31)32)12-20(11-16)27(33,34)35/h1-7,10-13H,8-9,14-15H2. The maximum atomic E-state index is 14.1. The Morgan fingerprint density at radius 2 is 1.50 bits per heavy atom. The number of carbonyl (C=O) groups excluding carboxylic acids is 2. The summed E-state index contributed by atoms with van der Waals surface area (Å²) in [5, 5.41) is 0. The Morgan fingerprint density at radius 1 is 0.875 bits per heavy atom. The fraction of sp³-hybridized carbons (Fsp3) is 0.259. The van der Waals surface area contributed by atoms with Crippen LogP contribution in [0, 0.1) is 11.6 Å². The van der Waals surface area contributed by atoms with Crippen LogP contribution >= 0.6 is 0 Å². The first kappa shape index (κ1) is 28.8. The van der Waals surface area contributed by atoms with Crippen LogP contribution in [0.15, 0.2) is 66.7 Å². The summed E-state index contributed by atoms with van der Waals surface area (Å²) in [5.74, 6) is -3.23. The van der Waals surface area contributed by atoms with Crippen LogP contribution in [0.3, 0.4) is 0 Å². The Kier molecular flexibility index (Phi) is 7.77. The smallest absolute Gasteiger partial charge is 0.416 e. The molecule has 1 heterocycles. The largest absolute Gasteiger partial charge is 0.462 e. The van der Waals surface area contributed by atoms with E-state index >= 15 is 0 Å². The van der Waals surface area contributed by atoms with Gasteiger partial charge in [-0.1, -0.05) is 24.3 Å². The van der Waals surface area contributed by atoms with E-state index in [1.54, 1.807) is 18.2 Å². The van der Waals surface area contributed by atoms with Gasteiger partial charge in [0.15, 0.2) is 17.2 Å². The molecule has 5 nitrogen and oxygen atoms in total. The predicted octanol–water partition coefficient (Wildman–Crippen LogP) is 7.10. The first-order valence-electron chi connectivity index (χ1n) is 11.6. The molecule has 1 aliphatic heterocycles. The lowest BCUT2D eigenvalue weighted by molar-refractivity contribution is -0.143. The Labute approximate surface area is 221 Å². The van der Waals surface area contributed by atoms with Crippen molar-refractivity contribution in [3.63, 3.8) is 0 Å². The van der Waals surface area contributed by atoms with Gasteiger partial charge in [-0.25, -0.2) is 18.4 Å². The minimum absolute atomic E-state index is 0.0432. The lowest BCUT2D eigenvalue weighted by Crippen LogP contribution is -2.34. The van der Waals surface area contributed by atoms with Gasteiger partial charge in [-0.2, -0.15) is 26.3 Å². The third-order valence-corrected chi connectivity index (χ3v) is 6.20. The van der Waals surface area contributed by atoms with E-state index in [4.69, 9.17) is 9.47 Å². The zero-order valence-corrected chi connectivity index (χ0v) is 20.3. The summed E-state index contributed by atoms with van der Waals surface area (Å²) in [7, 11) is 0. The number of alkyl halides is 6. The van der Waals surface area contributed by atoms with Gasteiger partial charge < -0.3 is 9.47 Å². The second-order valence-corrected chi connectivity index (χ2v) is 9.01. The van der Waals surface area contributed by atoms with Crippen LogP contribution in [0.2, 0.25) is 0 Å². The van der Waals surface area contributed by atoms with Crippen LogP contribution in [0.5, 0.6) is 0 Å². The average Bonchev–Trinajstić information content (AvgIpc) is 3.20. The molecule has 0 bridgehead atoms. The van der Waals surface area contributed by atoms with Crippen molar-refractivity contribution >= 4 is 12.1 Å². The van der Waals surface area contributed by atoms with Gasteiger partial charge in [-0.05, 0) is 48.0 Å². The van der Waals surface area contributed by atoms with E-state index in [0.717, 1.165) is 23.1 Å². The summed E-state index contributed by atoms with van der Waals surface area (Å²) in [6, 6.07) is 11.3. The number of hydrogen-bond acceptors (Lipinski definition) is 4. The van der Waals surface area contributed by atoms with Crippen LogP contribution in [0.1, 0.15) is 39.0 Å². The second-order valence-electron chi connectivity index (χ2n) is 9.01. The van der Waals surface area contributed by atoms with E-state index in [-0.39, 0.29) is 30.2 Å². The topological polar surface area (TPSA) is 55.8 Å². The average molecular weight is 573 g/mol. The van der Waals surface area contributed by atoms with Crippen molar-refractivity contribution in [2.45, 2.75) is 30.9 Å². The van der Waals surface area contributed by atoms with E-state index in [0.29, 0.717) is 12.1 Å². The molecule has 3 aromatic rings. The molecule has 0 N–H and O–H groups in total.